The van der Waals surface area contributed by atoms with Crippen LogP contribution in [0.4, 0.5) is 0 Å². The van der Waals surface area contributed by atoms with Gasteiger partial charge in [0.2, 0.25) is 0 Å². The molecule has 0 saturated carbocycles. The summed E-state index contributed by atoms with van der Waals surface area (Å²) in [6.07, 6.45) is 2.87. The van der Waals surface area contributed by atoms with Crippen molar-refractivity contribution < 1.29 is 24.8 Å². The molecular weight excluding hydrogens is 200 g/mol. The van der Waals surface area contributed by atoms with Crippen molar-refractivity contribution in [1.29, 1.82) is 0 Å². The average Bonchev–Trinajstić information content (AvgIpc) is 2.17. The van der Waals surface area contributed by atoms with Gasteiger partial charge in [-0.2, -0.15) is 0 Å². The molecule has 0 bridgehead atoms. The van der Waals surface area contributed by atoms with E-state index in [0.717, 1.165) is 0 Å². The summed E-state index contributed by atoms with van der Waals surface area (Å²) >= 11 is 0. The Morgan fingerprint density at radius 2 is 1.47 bits per heavy atom. The van der Waals surface area contributed by atoms with Crippen LogP contribution in [0.5, 0.6) is 0 Å². The summed E-state index contributed by atoms with van der Waals surface area (Å²) < 4.78 is 10.1. The molecule has 0 amide bonds. The molecule has 0 aromatic heterocycles. The predicted octanol–water partition coefficient (Wildman–Crippen LogP) is 0.129. The third-order valence-corrected chi connectivity index (χ3v) is 1.85. The molecular formula is C10H18O5. The van der Waals surface area contributed by atoms with Crippen molar-refractivity contribution in [2.24, 2.45) is 0 Å². The minimum absolute atomic E-state index is 0.0222. The highest BCUT2D eigenvalue weighted by Gasteiger charge is 2.50. The molecule has 0 heterocycles. The largest absolute Gasteiger partial charge is 0.339 e. The fourth-order valence-corrected chi connectivity index (χ4v) is 1.06. The van der Waals surface area contributed by atoms with Crippen LogP contribution in [0.25, 0.3) is 0 Å². The second-order valence-corrected chi connectivity index (χ2v) is 2.94. The zero-order chi connectivity index (χ0) is 11.9. The van der Waals surface area contributed by atoms with Crippen LogP contribution < -0.4 is 0 Å². The smallest absolute Gasteiger partial charge is 0.333 e. The maximum Gasteiger partial charge on any atom is 0.333 e. The van der Waals surface area contributed by atoms with Gasteiger partial charge in [0.15, 0.2) is 0 Å². The first kappa shape index (κ1) is 14.3. The minimum atomic E-state index is -3.08. The molecule has 0 spiro atoms. The van der Waals surface area contributed by atoms with Gasteiger partial charge in [-0.25, -0.2) is 0 Å². The van der Waals surface area contributed by atoms with Crippen molar-refractivity contribution in [3.63, 3.8) is 0 Å². The number of hydrogen-bond acceptors (Lipinski definition) is 5. The maximum atomic E-state index is 9.17. The van der Waals surface area contributed by atoms with Crippen molar-refractivity contribution in [2.45, 2.75) is 25.1 Å². The monoisotopic (exact) mass is 218 g/mol. The van der Waals surface area contributed by atoms with E-state index in [4.69, 9.17) is 9.47 Å². The van der Waals surface area contributed by atoms with Gasteiger partial charge in [0.25, 0.3) is 5.79 Å². The van der Waals surface area contributed by atoms with E-state index in [2.05, 4.69) is 13.2 Å². The fourth-order valence-electron chi connectivity index (χ4n) is 1.06. The zero-order valence-corrected chi connectivity index (χ0v) is 8.85. The molecule has 0 aliphatic carbocycles. The van der Waals surface area contributed by atoms with Crippen LogP contribution in [0, 0.1) is 0 Å². The topological polar surface area (TPSA) is 79.2 Å². The normalized spacial score (nSPS) is 12.5. The van der Waals surface area contributed by atoms with E-state index in [0.29, 0.717) is 0 Å². The van der Waals surface area contributed by atoms with Gasteiger partial charge in [0.05, 0.1) is 13.2 Å². The summed E-state index contributed by atoms with van der Waals surface area (Å²) in [6.45, 7) is 8.46. The average molecular weight is 218 g/mol. The van der Waals surface area contributed by atoms with Gasteiger partial charge in [-0.15, -0.1) is 13.2 Å². The van der Waals surface area contributed by atoms with Crippen LogP contribution in [0.2, 0.25) is 0 Å². The minimum Gasteiger partial charge on any atom is -0.339 e. The number of rotatable bonds is 8. The summed E-state index contributed by atoms with van der Waals surface area (Å²) in [6, 6.07) is 0. The first-order valence-corrected chi connectivity index (χ1v) is 4.60. The zero-order valence-electron chi connectivity index (χ0n) is 8.85. The third-order valence-electron chi connectivity index (χ3n) is 1.85. The highest BCUT2D eigenvalue weighted by molar-refractivity contribution is 4.80. The van der Waals surface area contributed by atoms with Gasteiger partial charge >= 0.3 is 5.97 Å². The molecule has 3 N–H and O–H groups in total. The van der Waals surface area contributed by atoms with Crippen LogP contribution in [0.3, 0.4) is 0 Å². The lowest BCUT2D eigenvalue weighted by Crippen LogP contribution is -2.57. The maximum absolute atomic E-state index is 9.17. The first-order chi connectivity index (χ1) is 6.93. The van der Waals surface area contributed by atoms with Crippen molar-refractivity contribution in [2.75, 3.05) is 13.2 Å². The first-order valence-electron chi connectivity index (χ1n) is 4.60. The third kappa shape index (κ3) is 3.73. The second kappa shape index (κ2) is 5.99. The Hall–Kier alpha value is -0.720. The van der Waals surface area contributed by atoms with Crippen molar-refractivity contribution in [3.05, 3.63) is 25.3 Å². The molecule has 88 valence electrons. The summed E-state index contributed by atoms with van der Waals surface area (Å²) in [5.74, 6) is -4.97. The lowest BCUT2D eigenvalue weighted by molar-refractivity contribution is -0.462. The summed E-state index contributed by atoms with van der Waals surface area (Å²) in [7, 11) is 0. The van der Waals surface area contributed by atoms with Crippen LogP contribution >= 0.6 is 0 Å². The Labute approximate surface area is 89.3 Å². The Morgan fingerprint density at radius 3 is 1.67 bits per heavy atom. The number of aliphatic hydroxyl groups is 3. The number of ether oxygens (including phenoxy) is 2. The van der Waals surface area contributed by atoms with Crippen LogP contribution in [0.1, 0.15) is 13.3 Å². The lowest BCUT2D eigenvalue weighted by Gasteiger charge is -2.38. The molecule has 0 rings (SSSR count). The van der Waals surface area contributed by atoms with E-state index in [1.165, 1.54) is 12.2 Å². The molecule has 0 unspecified atom stereocenters. The van der Waals surface area contributed by atoms with E-state index >= 15 is 0 Å². The van der Waals surface area contributed by atoms with Crippen LogP contribution in [-0.4, -0.2) is 40.3 Å². The molecule has 0 radical (unpaired) electrons. The van der Waals surface area contributed by atoms with E-state index in [-0.39, 0.29) is 19.6 Å². The van der Waals surface area contributed by atoms with Gasteiger partial charge in [-0.1, -0.05) is 19.1 Å². The Bertz CT molecular complexity index is 194. The predicted molar refractivity (Wildman–Crippen MR) is 54.7 cm³/mol. The van der Waals surface area contributed by atoms with Crippen LogP contribution in [0.15, 0.2) is 25.3 Å². The molecule has 15 heavy (non-hydrogen) atoms. The molecule has 0 saturated heterocycles. The van der Waals surface area contributed by atoms with Gasteiger partial charge in [0, 0.05) is 6.42 Å². The molecule has 0 aliphatic heterocycles. The Kier molecular flexibility index (Phi) is 5.71. The van der Waals surface area contributed by atoms with Crippen molar-refractivity contribution in [3.8, 4) is 0 Å². The van der Waals surface area contributed by atoms with Gasteiger partial charge < -0.3 is 24.8 Å². The fraction of sp³-hybridized carbons (Fsp3) is 0.600. The van der Waals surface area contributed by atoms with Gasteiger partial charge in [-0.3, -0.25) is 0 Å². The summed E-state index contributed by atoms with van der Waals surface area (Å²) in [4.78, 5) is 0. The molecule has 0 atom stereocenters. The van der Waals surface area contributed by atoms with E-state index < -0.39 is 11.8 Å². The second-order valence-electron chi connectivity index (χ2n) is 2.94. The standard InChI is InChI=1S/C10H18O5/c1-4-7-14-9(6-3,10(11,12)13)15-8-5-2/h4-5,11-13H,1-2,6-8H2,3H3. The molecule has 0 aromatic rings. The molecule has 5 nitrogen and oxygen atoms in total. The van der Waals surface area contributed by atoms with Gasteiger partial charge in [-0.05, 0) is 0 Å². The molecule has 0 fully saturated rings. The highest BCUT2D eigenvalue weighted by atomic mass is 16.8. The molecule has 0 aromatic carbocycles. The van der Waals surface area contributed by atoms with E-state index in [1.807, 2.05) is 0 Å². The highest BCUT2D eigenvalue weighted by Crippen LogP contribution is 2.27. The Balaban J connectivity index is 4.74. The summed E-state index contributed by atoms with van der Waals surface area (Å²) in [5, 5.41) is 27.5. The summed E-state index contributed by atoms with van der Waals surface area (Å²) in [5.41, 5.74) is 0. The van der Waals surface area contributed by atoms with Crippen molar-refractivity contribution >= 4 is 0 Å². The number of hydrogen-bond donors (Lipinski definition) is 3. The molecule has 5 heteroatoms. The van der Waals surface area contributed by atoms with Crippen LogP contribution in [-0.2, 0) is 9.47 Å². The quantitative estimate of drug-likeness (QED) is 0.398. The van der Waals surface area contributed by atoms with E-state index in [9.17, 15) is 15.3 Å². The SMILES string of the molecule is C=CCOC(CC)(OCC=C)C(O)(O)O. The Morgan fingerprint density at radius 1 is 1.07 bits per heavy atom. The molecule has 0 aliphatic rings. The lowest BCUT2D eigenvalue weighted by atomic mass is 10.1. The van der Waals surface area contributed by atoms with Crippen molar-refractivity contribution in [1.82, 2.24) is 0 Å². The van der Waals surface area contributed by atoms with E-state index in [1.54, 1.807) is 6.92 Å². The van der Waals surface area contributed by atoms with Gasteiger partial charge in [0.1, 0.15) is 0 Å².